The summed E-state index contributed by atoms with van der Waals surface area (Å²) in [5.74, 6) is -0.315. The van der Waals surface area contributed by atoms with Gasteiger partial charge in [0.05, 0.1) is 16.6 Å². The summed E-state index contributed by atoms with van der Waals surface area (Å²) in [6, 6.07) is 14.2. The van der Waals surface area contributed by atoms with E-state index in [1.165, 1.54) is 12.2 Å². The van der Waals surface area contributed by atoms with Gasteiger partial charge in [0.25, 0.3) is 5.91 Å². The van der Waals surface area contributed by atoms with Crippen LogP contribution in [0.3, 0.4) is 0 Å². The summed E-state index contributed by atoms with van der Waals surface area (Å²) in [6.45, 7) is 0.265. The van der Waals surface area contributed by atoms with Gasteiger partial charge in [-0.1, -0.05) is 47.5 Å². The smallest absolute Gasteiger partial charge is 0.331 e. The molecule has 1 N–H and O–H groups in total. The Kier molecular flexibility index (Phi) is 7.99. The van der Waals surface area contributed by atoms with Gasteiger partial charge < -0.3 is 14.8 Å². The van der Waals surface area contributed by atoms with Crippen LogP contribution in [0.4, 0.5) is 0 Å². The van der Waals surface area contributed by atoms with Gasteiger partial charge in [0, 0.05) is 6.08 Å². The molecule has 0 aliphatic rings. The van der Waals surface area contributed by atoms with Crippen molar-refractivity contribution in [2.45, 2.75) is 0 Å². The number of hydrogen-bond donors (Lipinski definition) is 1. The second-order valence-corrected chi connectivity index (χ2v) is 5.94. The van der Waals surface area contributed by atoms with Crippen molar-refractivity contribution in [2.24, 2.45) is 0 Å². The highest BCUT2D eigenvalue weighted by Crippen LogP contribution is 2.23. The quantitative estimate of drug-likeness (QED) is 0.421. The third-order valence-electron chi connectivity index (χ3n) is 3.14. The summed E-state index contributed by atoms with van der Waals surface area (Å²) in [6.07, 6.45) is 2.74. The van der Waals surface area contributed by atoms with E-state index < -0.39 is 11.9 Å². The van der Waals surface area contributed by atoms with Gasteiger partial charge in [-0.25, -0.2) is 4.79 Å². The Bertz CT molecular complexity index is 778. The van der Waals surface area contributed by atoms with Crippen LogP contribution in [-0.4, -0.2) is 31.6 Å². The Balaban J connectivity index is 1.64. The predicted octanol–water partition coefficient (Wildman–Crippen LogP) is 3.75. The minimum Gasteiger partial charge on any atom is -0.492 e. The molecule has 0 heterocycles. The number of rotatable bonds is 8. The van der Waals surface area contributed by atoms with Crippen LogP contribution < -0.4 is 10.1 Å². The zero-order valence-electron chi connectivity index (χ0n) is 13.8. The topological polar surface area (TPSA) is 64.6 Å². The molecule has 0 fully saturated rings. The maximum absolute atomic E-state index is 11.6. The fourth-order valence-corrected chi connectivity index (χ4v) is 2.20. The zero-order chi connectivity index (χ0) is 18.8. The number of carbonyl (C=O) groups is 2. The van der Waals surface area contributed by atoms with Gasteiger partial charge in [-0.2, -0.15) is 0 Å². The third-order valence-corrected chi connectivity index (χ3v) is 3.88. The molecule has 5 nitrogen and oxygen atoms in total. The zero-order valence-corrected chi connectivity index (χ0v) is 15.3. The number of hydrogen-bond acceptors (Lipinski definition) is 4. The molecule has 0 saturated carbocycles. The van der Waals surface area contributed by atoms with E-state index in [9.17, 15) is 9.59 Å². The molecule has 7 heteroatoms. The molecule has 0 aliphatic carbocycles. The van der Waals surface area contributed by atoms with Crippen LogP contribution in [-0.2, 0) is 14.3 Å². The molecule has 0 spiro atoms. The minimum atomic E-state index is -0.633. The molecular formula is C19H17Cl2NO4. The Morgan fingerprint density at radius 3 is 2.54 bits per heavy atom. The predicted molar refractivity (Wildman–Crippen MR) is 101 cm³/mol. The molecule has 2 aromatic rings. The third kappa shape index (κ3) is 7.17. The normalized spacial score (nSPS) is 10.5. The fourth-order valence-electron chi connectivity index (χ4n) is 1.89. The van der Waals surface area contributed by atoms with Gasteiger partial charge in [-0.3, -0.25) is 4.79 Å². The molecule has 2 rings (SSSR count). The molecule has 136 valence electrons. The number of para-hydroxylation sites is 1. The number of halogens is 2. The van der Waals surface area contributed by atoms with E-state index in [2.05, 4.69) is 5.32 Å². The molecular weight excluding hydrogens is 377 g/mol. The van der Waals surface area contributed by atoms with Crippen molar-refractivity contribution >= 4 is 41.2 Å². The number of ether oxygens (including phenoxy) is 2. The number of nitrogens with one attached hydrogen (secondary N) is 1. The van der Waals surface area contributed by atoms with Gasteiger partial charge in [0.15, 0.2) is 6.61 Å². The first-order valence-corrected chi connectivity index (χ1v) is 8.54. The lowest BCUT2D eigenvalue weighted by atomic mass is 10.2. The van der Waals surface area contributed by atoms with Crippen LogP contribution in [0.5, 0.6) is 5.75 Å². The van der Waals surface area contributed by atoms with E-state index in [1.807, 2.05) is 30.3 Å². The highest BCUT2D eigenvalue weighted by molar-refractivity contribution is 6.42. The Morgan fingerprint density at radius 2 is 1.81 bits per heavy atom. The monoisotopic (exact) mass is 393 g/mol. The summed E-state index contributed by atoms with van der Waals surface area (Å²) >= 11 is 11.7. The lowest BCUT2D eigenvalue weighted by molar-refractivity contribution is -0.143. The number of benzene rings is 2. The maximum Gasteiger partial charge on any atom is 0.331 e. The van der Waals surface area contributed by atoms with E-state index in [0.29, 0.717) is 28.8 Å². The Hall–Kier alpha value is -2.50. The number of amides is 1. The van der Waals surface area contributed by atoms with Crippen LogP contribution in [0, 0.1) is 0 Å². The lowest BCUT2D eigenvalue weighted by Gasteiger charge is -2.07. The standard InChI is InChI=1S/C19H17Cl2NO4/c20-16-8-6-14(12-17(16)21)7-9-19(24)26-13-18(23)22-10-11-25-15-4-2-1-3-5-15/h1-9,12H,10-11,13H2,(H,22,23)/b9-7+. The molecule has 0 bridgehead atoms. The van der Waals surface area contributed by atoms with E-state index in [4.69, 9.17) is 32.7 Å². The first kappa shape index (κ1) is 19.8. The van der Waals surface area contributed by atoms with Gasteiger partial charge in [0.2, 0.25) is 0 Å². The highest BCUT2D eigenvalue weighted by atomic mass is 35.5. The molecule has 2 aromatic carbocycles. The van der Waals surface area contributed by atoms with E-state index in [1.54, 1.807) is 18.2 Å². The maximum atomic E-state index is 11.6. The molecule has 0 radical (unpaired) electrons. The second kappa shape index (κ2) is 10.5. The van der Waals surface area contributed by atoms with Crippen LogP contribution in [0.2, 0.25) is 10.0 Å². The van der Waals surface area contributed by atoms with E-state index >= 15 is 0 Å². The molecule has 0 saturated heterocycles. The van der Waals surface area contributed by atoms with Crippen molar-refractivity contribution < 1.29 is 19.1 Å². The summed E-state index contributed by atoms with van der Waals surface area (Å²) in [4.78, 5) is 23.2. The minimum absolute atomic E-state index is 0.310. The van der Waals surface area contributed by atoms with Crippen molar-refractivity contribution in [1.29, 1.82) is 0 Å². The van der Waals surface area contributed by atoms with Crippen LogP contribution >= 0.6 is 23.2 Å². The number of esters is 1. The second-order valence-electron chi connectivity index (χ2n) is 5.13. The molecule has 0 atom stereocenters. The van der Waals surface area contributed by atoms with Gasteiger partial charge in [0.1, 0.15) is 12.4 Å². The number of carbonyl (C=O) groups excluding carboxylic acids is 2. The van der Waals surface area contributed by atoms with Gasteiger partial charge in [-0.15, -0.1) is 0 Å². The first-order valence-electron chi connectivity index (χ1n) is 7.79. The molecule has 0 aliphatic heterocycles. The van der Waals surface area contributed by atoms with Crippen molar-refractivity contribution in [2.75, 3.05) is 19.8 Å². The Morgan fingerprint density at radius 1 is 1.04 bits per heavy atom. The van der Waals surface area contributed by atoms with E-state index in [-0.39, 0.29) is 6.61 Å². The summed E-state index contributed by atoms with van der Waals surface area (Å²) < 4.78 is 10.3. The van der Waals surface area contributed by atoms with Gasteiger partial charge in [-0.05, 0) is 35.9 Å². The molecule has 26 heavy (non-hydrogen) atoms. The molecule has 0 aromatic heterocycles. The highest BCUT2D eigenvalue weighted by Gasteiger charge is 2.05. The van der Waals surface area contributed by atoms with Crippen molar-refractivity contribution in [3.63, 3.8) is 0 Å². The van der Waals surface area contributed by atoms with E-state index in [0.717, 1.165) is 5.75 Å². The van der Waals surface area contributed by atoms with Crippen LogP contribution in [0.1, 0.15) is 5.56 Å². The summed E-state index contributed by atoms with van der Waals surface area (Å²) in [7, 11) is 0. The van der Waals surface area contributed by atoms with Gasteiger partial charge >= 0.3 is 5.97 Å². The van der Waals surface area contributed by atoms with Crippen molar-refractivity contribution in [3.05, 3.63) is 70.2 Å². The van der Waals surface area contributed by atoms with Crippen LogP contribution in [0.25, 0.3) is 6.08 Å². The van der Waals surface area contributed by atoms with Crippen molar-refractivity contribution in [3.8, 4) is 5.75 Å². The lowest BCUT2D eigenvalue weighted by Crippen LogP contribution is -2.31. The van der Waals surface area contributed by atoms with Crippen molar-refractivity contribution in [1.82, 2.24) is 5.32 Å². The molecule has 0 unspecified atom stereocenters. The summed E-state index contributed by atoms with van der Waals surface area (Å²) in [5.41, 5.74) is 0.693. The fraction of sp³-hybridized carbons (Fsp3) is 0.158. The first-order chi connectivity index (χ1) is 12.5. The SMILES string of the molecule is O=C(COC(=O)/C=C/c1ccc(Cl)c(Cl)c1)NCCOc1ccccc1. The average Bonchev–Trinajstić information content (AvgIpc) is 2.65. The largest absolute Gasteiger partial charge is 0.492 e. The van der Waals surface area contributed by atoms with Crippen LogP contribution in [0.15, 0.2) is 54.6 Å². The summed E-state index contributed by atoms with van der Waals surface area (Å²) in [5, 5.41) is 3.42. The Labute approximate surface area is 161 Å². The average molecular weight is 394 g/mol. The molecule has 1 amide bonds.